The summed E-state index contributed by atoms with van der Waals surface area (Å²) in [7, 11) is 1.59. The fraction of sp³-hybridized carbons (Fsp3) is 0.214. The minimum absolute atomic E-state index is 0.0206. The topological polar surface area (TPSA) is 81.5 Å². The van der Waals surface area contributed by atoms with Gasteiger partial charge in [0.05, 0.1) is 19.0 Å². The highest BCUT2D eigenvalue weighted by atomic mass is 16.5. The molecule has 20 heavy (non-hydrogen) atoms. The normalized spacial score (nSPS) is 10.1. The molecule has 0 aliphatic rings. The SMILES string of the molecule is COc1cc(C)nc(COc2ccc(C(=O)O)nc2)c1. The Bertz CT molecular complexity index is 611. The van der Waals surface area contributed by atoms with E-state index in [1.54, 1.807) is 19.2 Å². The van der Waals surface area contributed by atoms with Crippen LogP contribution in [0.3, 0.4) is 0 Å². The molecule has 2 rings (SSSR count). The molecule has 0 aliphatic carbocycles. The minimum Gasteiger partial charge on any atom is -0.497 e. The molecule has 0 aliphatic heterocycles. The Morgan fingerprint density at radius 1 is 1.30 bits per heavy atom. The molecule has 0 bridgehead atoms. The smallest absolute Gasteiger partial charge is 0.354 e. The van der Waals surface area contributed by atoms with Crippen LogP contribution in [-0.4, -0.2) is 28.2 Å². The molecule has 2 aromatic heterocycles. The number of ether oxygens (including phenoxy) is 2. The van der Waals surface area contributed by atoms with Gasteiger partial charge in [-0.3, -0.25) is 4.98 Å². The highest BCUT2D eigenvalue weighted by Crippen LogP contribution is 2.16. The maximum absolute atomic E-state index is 10.7. The summed E-state index contributed by atoms with van der Waals surface area (Å²) in [6.07, 6.45) is 1.37. The van der Waals surface area contributed by atoms with E-state index in [-0.39, 0.29) is 12.3 Å². The molecule has 0 amide bonds. The third kappa shape index (κ3) is 3.44. The first-order valence-electron chi connectivity index (χ1n) is 5.92. The van der Waals surface area contributed by atoms with Gasteiger partial charge < -0.3 is 14.6 Å². The Kier molecular flexibility index (Phi) is 4.14. The number of aromatic carboxylic acids is 1. The van der Waals surface area contributed by atoms with Crippen LogP contribution in [0.15, 0.2) is 30.5 Å². The minimum atomic E-state index is -1.07. The Hall–Kier alpha value is -2.63. The van der Waals surface area contributed by atoms with Crippen molar-refractivity contribution in [3.63, 3.8) is 0 Å². The third-order valence-corrected chi connectivity index (χ3v) is 2.56. The van der Waals surface area contributed by atoms with E-state index in [2.05, 4.69) is 9.97 Å². The van der Waals surface area contributed by atoms with E-state index < -0.39 is 5.97 Å². The van der Waals surface area contributed by atoms with Crippen LogP contribution in [0, 0.1) is 6.92 Å². The molecule has 0 aromatic carbocycles. The molecule has 0 spiro atoms. The number of carboxylic acid groups (broad SMARTS) is 1. The summed E-state index contributed by atoms with van der Waals surface area (Å²) >= 11 is 0. The summed E-state index contributed by atoms with van der Waals surface area (Å²) in [5.74, 6) is 0.134. The van der Waals surface area contributed by atoms with Crippen molar-refractivity contribution in [1.29, 1.82) is 0 Å². The second-order valence-electron chi connectivity index (χ2n) is 4.11. The first kappa shape index (κ1) is 13.8. The first-order valence-corrected chi connectivity index (χ1v) is 5.92. The van der Waals surface area contributed by atoms with Gasteiger partial charge in [-0.05, 0) is 19.1 Å². The van der Waals surface area contributed by atoms with Gasteiger partial charge in [0.25, 0.3) is 0 Å². The number of hydrogen-bond acceptors (Lipinski definition) is 5. The van der Waals surface area contributed by atoms with Gasteiger partial charge in [-0.25, -0.2) is 9.78 Å². The monoisotopic (exact) mass is 274 g/mol. The number of methoxy groups -OCH3 is 1. The summed E-state index contributed by atoms with van der Waals surface area (Å²) < 4.78 is 10.7. The number of nitrogens with zero attached hydrogens (tertiary/aromatic N) is 2. The van der Waals surface area contributed by atoms with Gasteiger partial charge in [-0.2, -0.15) is 0 Å². The zero-order valence-corrected chi connectivity index (χ0v) is 11.2. The maximum atomic E-state index is 10.7. The molecule has 1 N–H and O–H groups in total. The first-order chi connectivity index (χ1) is 9.58. The molecule has 0 unspecified atom stereocenters. The lowest BCUT2D eigenvalue weighted by Gasteiger charge is -2.08. The molecule has 104 valence electrons. The van der Waals surface area contributed by atoms with Gasteiger partial charge in [0.1, 0.15) is 23.8 Å². The second kappa shape index (κ2) is 6.01. The van der Waals surface area contributed by atoms with Crippen LogP contribution in [0.1, 0.15) is 21.9 Å². The lowest BCUT2D eigenvalue weighted by Crippen LogP contribution is -2.02. The van der Waals surface area contributed by atoms with Crippen molar-refractivity contribution in [3.8, 4) is 11.5 Å². The molecule has 0 atom stereocenters. The van der Waals surface area contributed by atoms with Crippen LogP contribution in [0.4, 0.5) is 0 Å². The zero-order chi connectivity index (χ0) is 14.5. The quantitative estimate of drug-likeness (QED) is 0.898. The summed E-state index contributed by atoms with van der Waals surface area (Å²) in [5.41, 5.74) is 1.54. The van der Waals surface area contributed by atoms with E-state index in [0.29, 0.717) is 5.75 Å². The number of rotatable bonds is 5. The highest BCUT2D eigenvalue weighted by molar-refractivity contribution is 5.85. The maximum Gasteiger partial charge on any atom is 0.354 e. The van der Waals surface area contributed by atoms with Gasteiger partial charge >= 0.3 is 5.97 Å². The van der Waals surface area contributed by atoms with Crippen molar-refractivity contribution in [2.45, 2.75) is 13.5 Å². The molecule has 6 nitrogen and oxygen atoms in total. The number of aryl methyl sites for hydroxylation is 1. The standard InChI is InChI=1S/C14H14N2O4/c1-9-5-12(19-2)6-10(16-9)8-20-11-3-4-13(14(17)18)15-7-11/h3-7H,8H2,1-2H3,(H,17,18). The molecule has 0 saturated heterocycles. The summed E-state index contributed by atoms with van der Waals surface area (Å²) in [6.45, 7) is 2.13. The average Bonchev–Trinajstić information content (AvgIpc) is 2.45. The van der Waals surface area contributed by atoms with E-state index in [9.17, 15) is 4.79 Å². The number of pyridine rings is 2. The van der Waals surface area contributed by atoms with Crippen molar-refractivity contribution in [3.05, 3.63) is 47.5 Å². The van der Waals surface area contributed by atoms with Gasteiger partial charge in [0.15, 0.2) is 0 Å². The number of carboxylic acids is 1. The Morgan fingerprint density at radius 2 is 2.10 bits per heavy atom. The van der Waals surface area contributed by atoms with Crippen LogP contribution < -0.4 is 9.47 Å². The molecule has 2 aromatic rings. The van der Waals surface area contributed by atoms with E-state index in [4.69, 9.17) is 14.6 Å². The van der Waals surface area contributed by atoms with Gasteiger partial charge in [0.2, 0.25) is 0 Å². The number of hydrogen-bond donors (Lipinski definition) is 1. The fourth-order valence-electron chi connectivity index (χ4n) is 1.64. The van der Waals surface area contributed by atoms with Crippen molar-refractivity contribution in [2.24, 2.45) is 0 Å². The molecule has 6 heteroatoms. The molecule has 0 fully saturated rings. The Balaban J connectivity index is 2.04. The van der Waals surface area contributed by atoms with Crippen molar-refractivity contribution in [2.75, 3.05) is 7.11 Å². The zero-order valence-electron chi connectivity index (χ0n) is 11.2. The summed E-state index contributed by atoms with van der Waals surface area (Å²) in [5, 5.41) is 8.74. The predicted octanol–water partition coefficient (Wildman–Crippen LogP) is 2.07. The van der Waals surface area contributed by atoms with Gasteiger partial charge in [-0.15, -0.1) is 0 Å². The summed E-state index contributed by atoms with van der Waals surface area (Å²) in [4.78, 5) is 18.8. The number of carbonyl (C=O) groups is 1. The molecular formula is C14H14N2O4. The average molecular weight is 274 g/mol. The fourth-order valence-corrected chi connectivity index (χ4v) is 1.64. The van der Waals surface area contributed by atoms with E-state index in [1.807, 2.05) is 13.0 Å². The Labute approximate surface area is 116 Å². The Morgan fingerprint density at radius 3 is 2.70 bits per heavy atom. The van der Waals surface area contributed by atoms with Crippen molar-refractivity contribution >= 4 is 5.97 Å². The second-order valence-corrected chi connectivity index (χ2v) is 4.11. The summed E-state index contributed by atoms with van der Waals surface area (Å²) in [6, 6.07) is 6.56. The van der Waals surface area contributed by atoms with Gasteiger partial charge in [0, 0.05) is 17.8 Å². The largest absolute Gasteiger partial charge is 0.497 e. The van der Waals surface area contributed by atoms with E-state index in [0.717, 1.165) is 17.1 Å². The molecule has 2 heterocycles. The highest BCUT2D eigenvalue weighted by Gasteiger charge is 2.05. The van der Waals surface area contributed by atoms with E-state index in [1.165, 1.54) is 12.3 Å². The molecular weight excluding hydrogens is 260 g/mol. The van der Waals surface area contributed by atoms with Crippen LogP contribution in [-0.2, 0) is 6.61 Å². The molecule has 0 saturated carbocycles. The van der Waals surface area contributed by atoms with Crippen molar-refractivity contribution in [1.82, 2.24) is 9.97 Å². The number of aromatic nitrogens is 2. The van der Waals surface area contributed by atoms with Crippen molar-refractivity contribution < 1.29 is 19.4 Å². The van der Waals surface area contributed by atoms with Crippen LogP contribution in [0.5, 0.6) is 11.5 Å². The lowest BCUT2D eigenvalue weighted by molar-refractivity contribution is 0.0690. The lowest BCUT2D eigenvalue weighted by atomic mass is 10.3. The van der Waals surface area contributed by atoms with Crippen LogP contribution in [0.2, 0.25) is 0 Å². The van der Waals surface area contributed by atoms with Gasteiger partial charge in [-0.1, -0.05) is 0 Å². The van der Waals surface area contributed by atoms with Crippen LogP contribution >= 0.6 is 0 Å². The third-order valence-electron chi connectivity index (χ3n) is 2.56. The predicted molar refractivity (Wildman–Crippen MR) is 71.1 cm³/mol. The van der Waals surface area contributed by atoms with E-state index >= 15 is 0 Å². The molecule has 0 radical (unpaired) electrons. The van der Waals surface area contributed by atoms with Crippen LogP contribution in [0.25, 0.3) is 0 Å².